The standard InChI is InChI=1S/C34H25ClF3N3O/c1-21-8-11-25(12-9-21)32-31-28(34(36,37)38)19-30(39-33(31)41(40-32)26-15-10-22(2)29(35)18-26)24-13-16-27(17-14-24)42-20-23-6-4-3-5-7-23/h3-19H,20H2,1-2H3. The Morgan fingerprint density at radius 3 is 2.17 bits per heavy atom. The Balaban J connectivity index is 1.51. The molecule has 4 aromatic carbocycles. The first kappa shape index (κ1) is 27.5. The maximum Gasteiger partial charge on any atom is 0.417 e. The average Bonchev–Trinajstić information content (AvgIpc) is 3.37. The highest BCUT2D eigenvalue weighted by molar-refractivity contribution is 6.31. The van der Waals surface area contributed by atoms with Gasteiger partial charge >= 0.3 is 6.18 Å². The van der Waals surface area contributed by atoms with Gasteiger partial charge in [0, 0.05) is 16.1 Å². The van der Waals surface area contributed by atoms with Crippen LogP contribution < -0.4 is 4.74 Å². The van der Waals surface area contributed by atoms with E-state index in [1.807, 2.05) is 56.3 Å². The molecule has 2 heterocycles. The Kier molecular flexibility index (Phi) is 7.21. The van der Waals surface area contributed by atoms with Gasteiger partial charge < -0.3 is 4.74 Å². The van der Waals surface area contributed by atoms with Gasteiger partial charge in [-0.1, -0.05) is 77.8 Å². The molecular weight excluding hydrogens is 559 g/mol. The summed E-state index contributed by atoms with van der Waals surface area (Å²) in [5, 5.41) is 5.09. The van der Waals surface area contributed by atoms with Gasteiger partial charge in [0.1, 0.15) is 18.1 Å². The predicted octanol–water partition coefficient (Wildman–Crippen LogP) is 9.62. The summed E-state index contributed by atoms with van der Waals surface area (Å²) in [7, 11) is 0. The molecule has 0 amide bonds. The van der Waals surface area contributed by atoms with Crippen LogP contribution in [0.15, 0.2) is 103 Å². The van der Waals surface area contributed by atoms with Crippen molar-refractivity contribution in [2.24, 2.45) is 0 Å². The number of alkyl halides is 3. The molecule has 8 heteroatoms. The zero-order chi connectivity index (χ0) is 29.4. The summed E-state index contributed by atoms with van der Waals surface area (Å²) in [6, 6.07) is 30.2. The minimum atomic E-state index is -4.66. The van der Waals surface area contributed by atoms with Crippen molar-refractivity contribution in [2.75, 3.05) is 0 Å². The number of fused-ring (bicyclic) bond motifs is 1. The molecule has 0 bridgehead atoms. The molecule has 2 aromatic heterocycles. The fraction of sp³-hybridized carbons (Fsp3) is 0.118. The minimum absolute atomic E-state index is 0.0744. The van der Waals surface area contributed by atoms with Crippen LogP contribution in [0.2, 0.25) is 5.02 Å². The van der Waals surface area contributed by atoms with E-state index in [0.717, 1.165) is 22.8 Å². The van der Waals surface area contributed by atoms with Gasteiger partial charge in [0.05, 0.1) is 22.3 Å². The van der Waals surface area contributed by atoms with E-state index in [1.165, 1.54) is 4.68 Å². The van der Waals surface area contributed by atoms with Gasteiger partial charge in [-0.3, -0.25) is 0 Å². The molecule has 0 aliphatic heterocycles. The highest BCUT2D eigenvalue weighted by atomic mass is 35.5. The second-order valence-electron chi connectivity index (χ2n) is 10.1. The van der Waals surface area contributed by atoms with E-state index in [0.29, 0.717) is 34.2 Å². The number of benzene rings is 4. The quantitative estimate of drug-likeness (QED) is 0.196. The van der Waals surface area contributed by atoms with E-state index in [-0.39, 0.29) is 22.4 Å². The Labute approximate surface area is 246 Å². The highest BCUT2D eigenvalue weighted by Crippen LogP contribution is 2.42. The van der Waals surface area contributed by atoms with Crippen LogP contribution in [0, 0.1) is 13.8 Å². The lowest BCUT2D eigenvalue weighted by atomic mass is 10.0. The molecule has 0 aliphatic carbocycles. The number of nitrogens with zero attached hydrogens (tertiary/aromatic N) is 3. The fourth-order valence-corrected chi connectivity index (χ4v) is 4.93. The third-order valence-electron chi connectivity index (χ3n) is 7.07. The van der Waals surface area contributed by atoms with Crippen LogP contribution >= 0.6 is 11.6 Å². The first-order valence-corrected chi connectivity index (χ1v) is 13.7. The van der Waals surface area contributed by atoms with Crippen molar-refractivity contribution in [3.63, 3.8) is 0 Å². The fourth-order valence-electron chi connectivity index (χ4n) is 4.76. The van der Waals surface area contributed by atoms with Crippen molar-refractivity contribution in [3.8, 4) is 34.0 Å². The molecule has 6 aromatic rings. The number of aryl methyl sites for hydroxylation is 2. The Morgan fingerprint density at radius 2 is 1.50 bits per heavy atom. The third kappa shape index (κ3) is 5.48. The number of pyridine rings is 1. The smallest absolute Gasteiger partial charge is 0.417 e. The molecular formula is C34H25ClF3N3O. The molecule has 0 atom stereocenters. The van der Waals surface area contributed by atoms with E-state index >= 15 is 0 Å². The largest absolute Gasteiger partial charge is 0.489 e. The second-order valence-corrected chi connectivity index (χ2v) is 10.5. The van der Waals surface area contributed by atoms with Crippen LogP contribution in [0.1, 0.15) is 22.3 Å². The molecule has 42 heavy (non-hydrogen) atoms. The topological polar surface area (TPSA) is 39.9 Å². The molecule has 6 rings (SSSR count). The highest BCUT2D eigenvalue weighted by Gasteiger charge is 2.36. The second kappa shape index (κ2) is 11.0. The molecule has 0 radical (unpaired) electrons. The van der Waals surface area contributed by atoms with E-state index in [9.17, 15) is 13.2 Å². The molecule has 0 aliphatic rings. The van der Waals surface area contributed by atoms with E-state index in [4.69, 9.17) is 21.3 Å². The molecule has 4 nitrogen and oxygen atoms in total. The molecule has 0 spiro atoms. The summed E-state index contributed by atoms with van der Waals surface area (Å²) in [5.74, 6) is 0.598. The zero-order valence-corrected chi connectivity index (χ0v) is 23.5. The Bertz CT molecular complexity index is 1880. The molecule has 210 valence electrons. The predicted molar refractivity (Wildman–Crippen MR) is 160 cm³/mol. The van der Waals surface area contributed by atoms with Crippen LogP contribution in [-0.2, 0) is 12.8 Å². The van der Waals surface area contributed by atoms with Crippen molar-refractivity contribution in [1.29, 1.82) is 0 Å². The summed E-state index contributed by atoms with van der Waals surface area (Å²) >= 11 is 6.41. The van der Waals surface area contributed by atoms with Crippen LogP contribution in [-0.4, -0.2) is 14.8 Å². The van der Waals surface area contributed by atoms with Gasteiger partial charge in [0.15, 0.2) is 5.65 Å². The monoisotopic (exact) mass is 583 g/mol. The first-order valence-electron chi connectivity index (χ1n) is 13.3. The molecule has 0 N–H and O–H groups in total. The minimum Gasteiger partial charge on any atom is -0.489 e. The number of hydrogen-bond donors (Lipinski definition) is 0. The van der Waals surface area contributed by atoms with E-state index in [2.05, 4.69) is 5.10 Å². The van der Waals surface area contributed by atoms with Crippen molar-refractivity contribution >= 4 is 22.6 Å². The van der Waals surface area contributed by atoms with E-state index in [1.54, 1.807) is 54.6 Å². The van der Waals surface area contributed by atoms with Gasteiger partial charge in [-0.15, -0.1) is 0 Å². The van der Waals surface area contributed by atoms with E-state index < -0.39 is 11.7 Å². The molecule has 0 saturated heterocycles. The maximum absolute atomic E-state index is 14.7. The lowest BCUT2D eigenvalue weighted by molar-refractivity contribution is -0.136. The van der Waals surface area contributed by atoms with Crippen molar-refractivity contribution in [1.82, 2.24) is 14.8 Å². The lowest BCUT2D eigenvalue weighted by Gasteiger charge is -2.13. The zero-order valence-electron chi connectivity index (χ0n) is 22.8. The van der Waals surface area contributed by atoms with Crippen LogP contribution in [0.5, 0.6) is 5.75 Å². The van der Waals surface area contributed by atoms with Crippen molar-refractivity contribution in [2.45, 2.75) is 26.6 Å². The van der Waals surface area contributed by atoms with Gasteiger partial charge in [-0.05, 0) is 67.4 Å². The van der Waals surface area contributed by atoms with Crippen LogP contribution in [0.3, 0.4) is 0 Å². The van der Waals surface area contributed by atoms with Crippen molar-refractivity contribution < 1.29 is 17.9 Å². The SMILES string of the molecule is Cc1ccc(-c2nn(-c3ccc(C)c(Cl)c3)c3nc(-c4ccc(OCc5ccccc5)cc4)cc(C(F)(F)F)c23)cc1. The summed E-state index contributed by atoms with van der Waals surface area (Å²) in [6.07, 6.45) is -4.66. The van der Waals surface area contributed by atoms with Gasteiger partial charge in [0.2, 0.25) is 0 Å². The maximum atomic E-state index is 14.7. The summed E-state index contributed by atoms with van der Waals surface area (Å²) < 4.78 is 51.5. The van der Waals surface area contributed by atoms with Crippen molar-refractivity contribution in [3.05, 3.63) is 130 Å². The summed E-state index contributed by atoms with van der Waals surface area (Å²) in [4.78, 5) is 4.75. The number of rotatable bonds is 6. The number of halogens is 4. The molecule has 0 fully saturated rings. The number of hydrogen-bond acceptors (Lipinski definition) is 3. The number of aromatic nitrogens is 3. The lowest BCUT2D eigenvalue weighted by Crippen LogP contribution is -2.08. The Hall–Kier alpha value is -4.62. The van der Waals surface area contributed by atoms with Gasteiger partial charge in [-0.2, -0.15) is 18.3 Å². The Morgan fingerprint density at radius 1 is 0.810 bits per heavy atom. The van der Waals surface area contributed by atoms with Crippen LogP contribution in [0.25, 0.3) is 39.2 Å². The first-order chi connectivity index (χ1) is 20.2. The summed E-state index contributed by atoms with van der Waals surface area (Å²) in [6.45, 7) is 4.15. The summed E-state index contributed by atoms with van der Waals surface area (Å²) in [5.41, 5.74) is 4.05. The molecule has 0 saturated carbocycles. The normalized spacial score (nSPS) is 11.7. The molecule has 0 unspecified atom stereocenters. The average molecular weight is 584 g/mol. The van der Waals surface area contributed by atoms with Crippen LogP contribution in [0.4, 0.5) is 13.2 Å². The van der Waals surface area contributed by atoms with Gasteiger partial charge in [-0.25, -0.2) is 9.67 Å². The number of ether oxygens (including phenoxy) is 1. The van der Waals surface area contributed by atoms with Gasteiger partial charge in [0.25, 0.3) is 0 Å². The third-order valence-corrected chi connectivity index (χ3v) is 7.47.